The van der Waals surface area contributed by atoms with Crippen molar-refractivity contribution >= 4 is 23.5 Å². The van der Waals surface area contributed by atoms with Gasteiger partial charge in [0.15, 0.2) is 0 Å². The van der Waals surface area contributed by atoms with Gasteiger partial charge in [0.05, 0.1) is 12.6 Å². The molecule has 1 aliphatic rings. The molecule has 3 amide bonds. The van der Waals surface area contributed by atoms with E-state index in [0.29, 0.717) is 6.42 Å². The lowest BCUT2D eigenvalue weighted by Crippen LogP contribution is -2.43. The van der Waals surface area contributed by atoms with Gasteiger partial charge >= 0.3 is 6.03 Å². The fraction of sp³-hybridized carbons (Fsp3) is 0.667. The molecule has 2 unspecified atom stereocenters. The quantitative estimate of drug-likeness (QED) is 0.576. The van der Waals surface area contributed by atoms with E-state index < -0.39 is 16.9 Å². The molecule has 1 heterocycles. The highest BCUT2D eigenvalue weighted by Crippen LogP contribution is 2.21. The Morgan fingerprint density at radius 2 is 2.27 bits per heavy atom. The zero-order valence-electron chi connectivity index (χ0n) is 8.58. The molecule has 15 heavy (non-hydrogen) atoms. The number of nitrogens with zero attached hydrogens (tertiary/aromatic N) is 2. The van der Waals surface area contributed by atoms with Gasteiger partial charge in [-0.2, -0.15) is 5.26 Å². The van der Waals surface area contributed by atoms with Gasteiger partial charge in [-0.05, 0) is 13.3 Å². The smallest absolute Gasteiger partial charge is 0.323 e. The number of rotatable bonds is 3. The first-order valence-electron chi connectivity index (χ1n) is 4.62. The number of hydrogen-bond acceptors (Lipinski definition) is 3. The summed E-state index contributed by atoms with van der Waals surface area (Å²) in [4.78, 5) is 24.2. The summed E-state index contributed by atoms with van der Waals surface area (Å²) in [7, 11) is 0. The Kier molecular flexibility index (Phi) is 3.20. The third-order valence-electron chi connectivity index (χ3n) is 2.54. The van der Waals surface area contributed by atoms with Crippen LogP contribution in [0.25, 0.3) is 0 Å². The zero-order valence-corrected chi connectivity index (χ0v) is 9.34. The van der Waals surface area contributed by atoms with E-state index in [0.717, 1.165) is 4.90 Å². The first-order valence-corrected chi connectivity index (χ1v) is 5.06. The third kappa shape index (κ3) is 2.05. The first-order chi connectivity index (χ1) is 6.94. The molecule has 0 saturated carbocycles. The molecule has 1 aliphatic heterocycles. The molecular formula is C9H12ClN3O2. The van der Waals surface area contributed by atoms with E-state index in [9.17, 15) is 9.59 Å². The molecule has 2 atom stereocenters. The highest BCUT2D eigenvalue weighted by atomic mass is 35.5. The fourth-order valence-corrected chi connectivity index (χ4v) is 1.49. The molecule has 0 aromatic heterocycles. The lowest BCUT2D eigenvalue weighted by molar-refractivity contribution is -0.130. The van der Waals surface area contributed by atoms with E-state index in [1.807, 2.05) is 6.92 Å². The van der Waals surface area contributed by atoms with E-state index in [2.05, 4.69) is 5.32 Å². The van der Waals surface area contributed by atoms with Gasteiger partial charge in [0.2, 0.25) is 0 Å². The second-order valence-electron chi connectivity index (χ2n) is 3.63. The molecule has 0 spiro atoms. The summed E-state index contributed by atoms with van der Waals surface area (Å²) in [5.41, 5.74) is -0.858. The van der Waals surface area contributed by atoms with Crippen molar-refractivity contribution in [1.29, 1.82) is 5.26 Å². The molecular weight excluding hydrogens is 218 g/mol. The predicted octanol–water partition coefficient (Wildman–Crippen LogP) is 0.838. The molecule has 1 fully saturated rings. The minimum absolute atomic E-state index is 0.0711. The van der Waals surface area contributed by atoms with Crippen molar-refractivity contribution in [3.8, 4) is 6.07 Å². The van der Waals surface area contributed by atoms with Crippen LogP contribution in [-0.4, -0.2) is 34.3 Å². The van der Waals surface area contributed by atoms with Gasteiger partial charge in [-0.3, -0.25) is 9.69 Å². The van der Waals surface area contributed by atoms with Crippen molar-refractivity contribution < 1.29 is 9.59 Å². The topological polar surface area (TPSA) is 73.2 Å². The second kappa shape index (κ2) is 4.07. The van der Waals surface area contributed by atoms with Gasteiger partial charge in [0.25, 0.3) is 5.91 Å². The number of alkyl halides is 1. The van der Waals surface area contributed by atoms with E-state index in [1.165, 1.54) is 0 Å². The van der Waals surface area contributed by atoms with Crippen LogP contribution in [0, 0.1) is 11.3 Å². The number of urea groups is 1. The van der Waals surface area contributed by atoms with Crippen LogP contribution in [0.15, 0.2) is 0 Å². The minimum Gasteiger partial charge on any atom is -0.323 e. The average molecular weight is 230 g/mol. The highest BCUT2D eigenvalue weighted by Gasteiger charge is 2.46. The van der Waals surface area contributed by atoms with Crippen LogP contribution in [0.4, 0.5) is 4.79 Å². The zero-order chi connectivity index (χ0) is 11.6. The molecule has 0 aliphatic carbocycles. The molecule has 1 N–H and O–H groups in total. The Labute approximate surface area is 93.0 Å². The SMILES string of the molecule is CCC1(C)NC(=O)N(CC(Cl)C#N)C1=O. The van der Waals surface area contributed by atoms with Crippen molar-refractivity contribution in [2.45, 2.75) is 31.2 Å². The van der Waals surface area contributed by atoms with Gasteiger partial charge in [0.1, 0.15) is 10.9 Å². The van der Waals surface area contributed by atoms with E-state index in [4.69, 9.17) is 16.9 Å². The molecule has 82 valence electrons. The van der Waals surface area contributed by atoms with E-state index >= 15 is 0 Å². The second-order valence-corrected chi connectivity index (χ2v) is 4.16. The molecule has 6 heteroatoms. The standard InChI is InChI=1S/C9H12ClN3O2/c1-3-9(2)7(14)13(8(15)12-9)5-6(10)4-11/h6H,3,5H2,1-2H3,(H,12,15). The van der Waals surface area contributed by atoms with Gasteiger partial charge in [-0.25, -0.2) is 4.79 Å². The maximum absolute atomic E-state index is 11.8. The summed E-state index contributed by atoms with van der Waals surface area (Å²) in [5, 5.41) is 10.2. The van der Waals surface area contributed by atoms with Gasteiger partial charge in [0, 0.05) is 0 Å². The number of hydrogen-bond donors (Lipinski definition) is 1. The maximum Gasteiger partial charge on any atom is 0.325 e. The summed E-state index contributed by atoms with van der Waals surface area (Å²) < 4.78 is 0. The van der Waals surface area contributed by atoms with Crippen molar-refractivity contribution in [3.05, 3.63) is 0 Å². The molecule has 0 aromatic carbocycles. The minimum atomic E-state index is -0.862. The third-order valence-corrected chi connectivity index (χ3v) is 2.77. The Bertz CT molecular complexity index is 339. The molecule has 0 bridgehead atoms. The van der Waals surface area contributed by atoms with Crippen molar-refractivity contribution in [2.75, 3.05) is 6.54 Å². The summed E-state index contributed by atoms with van der Waals surface area (Å²) in [6, 6.07) is 1.29. The largest absolute Gasteiger partial charge is 0.325 e. The summed E-state index contributed by atoms with van der Waals surface area (Å²) in [6.07, 6.45) is 0.508. The van der Waals surface area contributed by atoms with Crippen LogP contribution >= 0.6 is 11.6 Å². The summed E-state index contributed by atoms with van der Waals surface area (Å²) in [5.74, 6) is -0.323. The van der Waals surface area contributed by atoms with Crippen molar-refractivity contribution in [1.82, 2.24) is 10.2 Å². The molecule has 1 saturated heterocycles. The predicted molar refractivity (Wildman–Crippen MR) is 54.2 cm³/mol. The molecule has 0 radical (unpaired) electrons. The van der Waals surface area contributed by atoms with Crippen LogP contribution in [0.3, 0.4) is 0 Å². The van der Waals surface area contributed by atoms with Crippen LogP contribution in [-0.2, 0) is 4.79 Å². The number of nitriles is 1. The normalized spacial score (nSPS) is 27.5. The summed E-state index contributed by atoms with van der Waals surface area (Å²) >= 11 is 5.58. The number of carbonyl (C=O) groups excluding carboxylic acids is 2. The van der Waals surface area contributed by atoms with Crippen molar-refractivity contribution in [2.24, 2.45) is 0 Å². The van der Waals surface area contributed by atoms with Crippen LogP contribution in [0.5, 0.6) is 0 Å². The number of carbonyl (C=O) groups is 2. The van der Waals surface area contributed by atoms with E-state index in [-0.39, 0.29) is 12.5 Å². The molecule has 5 nitrogen and oxygen atoms in total. The number of amides is 3. The number of nitrogens with one attached hydrogen (secondary N) is 1. The monoisotopic (exact) mass is 229 g/mol. The number of imide groups is 1. The fourth-order valence-electron chi connectivity index (χ4n) is 1.35. The van der Waals surface area contributed by atoms with Crippen LogP contribution in [0.1, 0.15) is 20.3 Å². The summed E-state index contributed by atoms with van der Waals surface area (Å²) in [6.45, 7) is 3.39. The number of halogens is 1. The maximum atomic E-state index is 11.8. The Morgan fingerprint density at radius 3 is 2.67 bits per heavy atom. The van der Waals surface area contributed by atoms with Gasteiger partial charge < -0.3 is 5.32 Å². The Hall–Kier alpha value is -1.28. The van der Waals surface area contributed by atoms with Crippen LogP contribution < -0.4 is 5.32 Å². The average Bonchev–Trinajstić information content (AvgIpc) is 2.42. The Morgan fingerprint density at radius 1 is 1.67 bits per heavy atom. The van der Waals surface area contributed by atoms with Crippen molar-refractivity contribution in [3.63, 3.8) is 0 Å². The van der Waals surface area contributed by atoms with Gasteiger partial charge in [-0.15, -0.1) is 11.6 Å². The highest BCUT2D eigenvalue weighted by molar-refractivity contribution is 6.23. The Balaban J connectivity index is 2.81. The molecule has 1 rings (SSSR count). The lowest BCUT2D eigenvalue weighted by Gasteiger charge is -2.19. The first kappa shape index (κ1) is 11.8. The lowest BCUT2D eigenvalue weighted by atomic mass is 9.99. The van der Waals surface area contributed by atoms with Gasteiger partial charge in [-0.1, -0.05) is 6.92 Å². The van der Waals surface area contributed by atoms with Crippen LogP contribution in [0.2, 0.25) is 0 Å². The molecule has 0 aromatic rings. The van der Waals surface area contributed by atoms with E-state index in [1.54, 1.807) is 13.0 Å².